The molecule has 1 aromatic carbocycles. The Balaban J connectivity index is 1.87. The predicted molar refractivity (Wildman–Crippen MR) is 86.7 cm³/mol. The van der Waals surface area contributed by atoms with Gasteiger partial charge in [-0.1, -0.05) is 44.5 Å². The van der Waals surface area contributed by atoms with E-state index in [2.05, 4.69) is 43.0 Å². The highest BCUT2D eigenvalue weighted by Gasteiger charge is 2.64. The molecule has 2 aromatic rings. The van der Waals surface area contributed by atoms with E-state index >= 15 is 0 Å². The highest BCUT2D eigenvalue weighted by molar-refractivity contribution is 6.30. The molecule has 118 valence electrons. The van der Waals surface area contributed by atoms with Crippen LogP contribution in [-0.2, 0) is 6.54 Å². The van der Waals surface area contributed by atoms with Gasteiger partial charge in [0.15, 0.2) is 0 Å². The number of aromatic nitrogens is 3. The van der Waals surface area contributed by atoms with Gasteiger partial charge < -0.3 is 5.11 Å². The lowest BCUT2D eigenvalue weighted by atomic mass is 9.74. The van der Waals surface area contributed by atoms with Crippen molar-refractivity contribution in [2.45, 2.75) is 45.3 Å². The molecule has 5 heteroatoms. The monoisotopic (exact) mass is 319 g/mol. The van der Waals surface area contributed by atoms with Crippen molar-refractivity contribution in [1.82, 2.24) is 14.8 Å². The lowest BCUT2D eigenvalue weighted by molar-refractivity contribution is -0.0836. The molecule has 1 aliphatic rings. The molecule has 0 spiro atoms. The number of hydrogen-bond donors (Lipinski definition) is 1. The van der Waals surface area contributed by atoms with Gasteiger partial charge in [-0.05, 0) is 36.0 Å². The van der Waals surface area contributed by atoms with Crippen LogP contribution >= 0.6 is 11.6 Å². The van der Waals surface area contributed by atoms with E-state index in [-0.39, 0.29) is 11.3 Å². The average molecular weight is 320 g/mol. The van der Waals surface area contributed by atoms with Crippen molar-refractivity contribution < 1.29 is 5.11 Å². The Morgan fingerprint density at radius 1 is 1.41 bits per heavy atom. The number of hydrogen-bond acceptors (Lipinski definition) is 3. The minimum absolute atomic E-state index is 0.124. The van der Waals surface area contributed by atoms with E-state index in [9.17, 15) is 5.11 Å². The highest BCUT2D eigenvalue weighted by Crippen LogP contribution is 2.66. The van der Waals surface area contributed by atoms with E-state index in [0.29, 0.717) is 12.5 Å². The van der Waals surface area contributed by atoms with Gasteiger partial charge in [-0.15, -0.1) is 0 Å². The molecule has 3 atom stereocenters. The molecule has 22 heavy (non-hydrogen) atoms. The zero-order valence-electron chi connectivity index (χ0n) is 13.2. The second kappa shape index (κ2) is 5.36. The van der Waals surface area contributed by atoms with Crippen LogP contribution in [0.1, 0.15) is 38.7 Å². The second-order valence-electron chi connectivity index (χ2n) is 6.90. The van der Waals surface area contributed by atoms with Crippen LogP contribution in [0, 0.1) is 11.3 Å². The Morgan fingerprint density at radius 3 is 2.64 bits per heavy atom. The maximum absolute atomic E-state index is 11.4. The lowest BCUT2D eigenvalue weighted by Gasteiger charge is -2.39. The molecule has 1 aliphatic carbocycles. The quantitative estimate of drug-likeness (QED) is 0.917. The van der Waals surface area contributed by atoms with Gasteiger partial charge in [0.25, 0.3) is 0 Å². The molecular formula is C17H22ClN3O. The Kier molecular flexibility index (Phi) is 3.77. The minimum Gasteiger partial charge on any atom is -0.387 e. The fraction of sp³-hybridized carbons (Fsp3) is 0.529. The number of halogens is 1. The number of aliphatic hydroxyl groups is 1. The molecule has 4 nitrogen and oxygen atoms in total. The molecule has 3 unspecified atom stereocenters. The molecule has 1 heterocycles. The Hall–Kier alpha value is -1.39. The van der Waals surface area contributed by atoms with Crippen LogP contribution in [-0.4, -0.2) is 25.5 Å². The van der Waals surface area contributed by atoms with E-state index in [4.69, 9.17) is 11.6 Å². The van der Waals surface area contributed by atoms with Crippen molar-refractivity contribution in [1.29, 1.82) is 0 Å². The van der Waals surface area contributed by atoms with E-state index in [1.807, 2.05) is 12.1 Å². The third-order valence-corrected chi connectivity index (χ3v) is 5.58. The summed E-state index contributed by atoms with van der Waals surface area (Å²) in [6, 6.07) is 7.96. The van der Waals surface area contributed by atoms with Crippen molar-refractivity contribution in [3.05, 3.63) is 47.5 Å². The Labute approximate surface area is 136 Å². The summed E-state index contributed by atoms with van der Waals surface area (Å²) in [5, 5.41) is 16.3. The first kappa shape index (κ1) is 15.5. The van der Waals surface area contributed by atoms with Crippen LogP contribution in [0.15, 0.2) is 36.9 Å². The highest BCUT2D eigenvalue weighted by atomic mass is 35.5. The van der Waals surface area contributed by atoms with E-state index in [1.165, 1.54) is 11.9 Å². The molecule has 0 aliphatic heterocycles. The molecule has 0 amide bonds. The topological polar surface area (TPSA) is 50.9 Å². The number of nitrogens with zero attached hydrogens (tertiary/aromatic N) is 3. The van der Waals surface area contributed by atoms with Gasteiger partial charge in [0, 0.05) is 10.4 Å². The first-order valence-electron chi connectivity index (χ1n) is 7.67. The summed E-state index contributed by atoms with van der Waals surface area (Å²) in [5.74, 6) is 0.472. The van der Waals surface area contributed by atoms with Crippen LogP contribution in [0.5, 0.6) is 0 Å². The predicted octanol–water partition coefficient (Wildman–Crippen LogP) is 3.51. The fourth-order valence-corrected chi connectivity index (χ4v) is 3.73. The smallest absolute Gasteiger partial charge is 0.137 e. The SMILES string of the molecule is CC(C)C(O)(Cn1cncn1)C1(C)CC1c1ccc(Cl)cc1. The van der Waals surface area contributed by atoms with E-state index in [0.717, 1.165) is 11.4 Å². The number of rotatable bonds is 5. The normalized spacial score (nSPS) is 26.9. The molecule has 1 fully saturated rings. The molecule has 0 radical (unpaired) electrons. The van der Waals surface area contributed by atoms with Crippen molar-refractivity contribution in [2.24, 2.45) is 11.3 Å². The van der Waals surface area contributed by atoms with Crippen LogP contribution in [0.25, 0.3) is 0 Å². The third-order valence-electron chi connectivity index (χ3n) is 5.32. The molecule has 1 aromatic heterocycles. The van der Waals surface area contributed by atoms with E-state index in [1.54, 1.807) is 11.0 Å². The van der Waals surface area contributed by atoms with Crippen LogP contribution in [0.4, 0.5) is 0 Å². The molecular weight excluding hydrogens is 298 g/mol. The first-order chi connectivity index (χ1) is 10.4. The van der Waals surface area contributed by atoms with Crippen molar-refractivity contribution in [2.75, 3.05) is 0 Å². The van der Waals surface area contributed by atoms with Crippen molar-refractivity contribution in [3.8, 4) is 0 Å². The van der Waals surface area contributed by atoms with Crippen molar-refractivity contribution >= 4 is 11.6 Å². The maximum atomic E-state index is 11.4. The third kappa shape index (κ3) is 2.44. The minimum atomic E-state index is -0.828. The van der Waals surface area contributed by atoms with Crippen LogP contribution in [0.3, 0.4) is 0 Å². The van der Waals surface area contributed by atoms with E-state index < -0.39 is 5.60 Å². The van der Waals surface area contributed by atoms with Gasteiger partial charge in [0.2, 0.25) is 0 Å². The zero-order valence-corrected chi connectivity index (χ0v) is 14.0. The summed E-state index contributed by atoms with van der Waals surface area (Å²) in [6.45, 7) is 6.77. The van der Waals surface area contributed by atoms with Gasteiger partial charge in [-0.2, -0.15) is 5.10 Å². The molecule has 3 rings (SSSR count). The van der Waals surface area contributed by atoms with Gasteiger partial charge in [-0.25, -0.2) is 4.98 Å². The molecule has 0 bridgehead atoms. The second-order valence-corrected chi connectivity index (χ2v) is 7.33. The van der Waals surface area contributed by atoms with Gasteiger partial charge in [-0.3, -0.25) is 4.68 Å². The largest absolute Gasteiger partial charge is 0.387 e. The zero-order chi connectivity index (χ0) is 16.0. The van der Waals surface area contributed by atoms with Gasteiger partial charge in [0.05, 0.1) is 12.1 Å². The fourth-order valence-electron chi connectivity index (χ4n) is 3.61. The summed E-state index contributed by atoms with van der Waals surface area (Å²) < 4.78 is 1.72. The summed E-state index contributed by atoms with van der Waals surface area (Å²) in [5.41, 5.74) is 0.246. The molecule has 1 saturated carbocycles. The molecule has 1 N–H and O–H groups in total. The Morgan fingerprint density at radius 2 is 2.09 bits per heavy atom. The standard InChI is InChI=1S/C17H22ClN3O/c1-12(2)17(22,9-21-11-19-10-20-21)16(3)8-15(16)13-4-6-14(18)7-5-13/h4-7,10-12,15,22H,8-9H2,1-3H3. The number of benzene rings is 1. The average Bonchev–Trinajstić information content (AvgIpc) is 2.94. The summed E-state index contributed by atoms with van der Waals surface area (Å²) in [7, 11) is 0. The van der Waals surface area contributed by atoms with Crippen molar-refractivity contribution in [3.63, 3.8) is 0 Å². The maximum Gasteiger partial charge on any atom is 0.137 e. The first-order valence-corrected chi connectivity index (χ1v) is 8.05. The Bertz CT molecular complexity index is 640. The van der Waals surface area contributed by atoms with Crippen LogP contribution < -0.4 is 0 Å². The molecule has 0 saturated heterocycles. The summed E-state index contributed by atoms with van der Waals surface area (Å²) >= 11 is 5.98. The summed E-state index contributed by atoms with van der Waals surface area (Å²) in [6.07, 6.45) is 4.14. The van der Waals surface area contributed by atoms with Gasteiger partial charge in [0.1, 0.15) is 12.7 Å². The van der Waals surface area contributed by atoms with Crippen LogP contribution in [0.2, 0.25) is 5.02 Å². The van der Waals surface area contributed by atoms with Gasteiger partial charge >= 0.3 is 0 Å². The summed E-state index contributed by atoms with van der Waals surface area (Å²) in [4.78, 5) is 3.98. The lowest BCUT2D eigenvalue weighted by Crippen LogP contribution is -2.48.